The first-order valence-electron chi connectivity index (χ1n) is 4.51. The van der Waals surface area contributed by atoms with Crippen LogP contribution in [0.5, 0.6) is 0 Å². The molecule has 5 heteroatoms. The highest BCUT2D eigenvalue weighted by molar-refractivity contribution is 4.56. The molecule has 0 amide bonds. The molecule has 13 heavy (non-hydrogen) atoms. The SMILES string of the molecule is CN(C)CCN(C)CCCN=[N+]=[N-]. The zero-order valence-electron chi connectivity index (χ0n) is 8.77. The van der Waals surface area contributed by atoms with Gasteiger partial charge >= 0.3 is 0 Å². The standard InChI is InChI=1S/C8H19N5/c1-12(2)7-8-13(3)6-4-5-10-11-9/h4-8H2,1-3H3. The van der Waals surface area contributed by atoms with Gasteiger partial charge in [-0.25, -0.2) is 0 Å². The Morgan fingerprint density at radius 3 is 2.38 bits per heavy atom. The molecule has 0 rings (SSSR count). The summed E-state index contributed by atoms with van der Waals surface area (Å²) in [5.74, 6) is 0. The first kappa shape index (κ1) is 12.2. The van der Waals surface area contributed by atoms with Crippen molar-refractivity contribution in [3.8, 4) is 0 Å². The zero-order chi connectivity index (χ0) is 10.1. The van der Waals surface area contributed by atoms with Crippen molar-refractivity contribution in [2.75, 3.05) is 47.3 Å². The van der Waals surface area contributed by atoms with Crippen molar-refractivity contribution in [1.29, 1.82) is 0 Å². The molecule has 0 bridgehead atoms. The molecule has 0 unspecified atom stereocenters. The van der Waals surface area contributed by atoms with Crippen molar-refractivity contribution in [1.82, 2.24) is 9.80 Å². The summed E-state index contributed by atoms with van der Waals surface area (Å²) >= 11 is 0. The van der Waals surface area contributed by atoms with Crippen molar-refractivity contribution < 1.29 is 0 Å². The molecule has 0 saturated carbocycles. The van der Waals surface area contributed by atoms with E-state index in [2.05, 4.69) is 41.0 Å². The van der Waals surface area contributed by atoms with Crippen molar-refractivity contribution in [2.45, 2.75) is 6.42 Å². The summed E-state index contributed by atoms with van der Waals surface area (Å²) in [6.07, 6.45) is 0.938. The summed E-state index contributed by atoms with van der Waals surface area (Å²) in [6.45, 7) is 3.72. The van der Waals surface area contributed by atoms with Crippen molar-refractivity contribution >= 4 is 0 Å². The molecule has 0 aromatic carbocycles. The number of hydrogen-bond acceptors (Lipinski definition) is 3. The molecule has 5 nitrogen and oxygen atoms in total. The van der Waals surface area contributed by atoms with E-state index in [1.54, 1.807) is 0 Å². The summed E-state index contributed by atoms with van der Waals surface area (Å²) in [6, 6.07) is 0. The van der Waals surface area contributed by atoms with E-state index < -0.39 is 0 Å². The Bertz CT molecular complexity index is 162. The first-order valence-corrected chi connectivity index (χ1v) is 4.51. The Morgan fingerprint density at radius 1 is 1.15 bits per heavy atom. The summed E-state index contributed by atoms with van der Waals surface area (Å²) in [4.78, 5) is 7.10. The number of rotatable bonds is 7. The highest BCUT2D eigenvalue weighted by atomic mass is 15.2. The maximum absolute atomic E-state index is 8.05. The van der Waals surface area contributed by atoms with Crippen molar-refractivity contribution in [3.05, 3.63) is 10.4 Å². The maximum atomic E-state index is 8.05. The summed E-state index contributed by atoms with van der Waals surface area (Å²) in [7, 11) is 6.21. The third kappa shape index (κ3) is 9.14. The lowest BCUT2D eigenvalue weighted by atomic mass is 10.4. The van der Waals surface area contributed by atoms with Crippen molar-refractivity contribution in [3.63, 3.8) is 0 Å². The normalized spacial score (nSPS) is 10.5. The van der Waals surface area contributed by atoms with Gasteiger partial charge in [-0.15, -0.1) is 0 Å². The molecular formula is C8H19N5. The third-order valence-electron chi connectivity index (χ3n) is 1.79. The fraction of sp³-hybridized carbons (Fsp3) is 1.00. The zero-order valence-corrected chi connectivity index (χ0v) is 8.77. The molecule has 0 spiro atoms. The topological polar surface area (TPSA) is 55.2 Å². The van der Waals surface area contributed by atoms with Crippen LogP contribution in [0.1, 0.15) is 6.42 Å². The van der Waals surface area contributed by atoms with Crippen LogP contribution in [0.15, 0.2) is 5.11 Å². The van der Waals surface area contributed by atoms with E-state index in [1.165, 1.54) is 0 Å². The van der Waals surface area contributed by atoms with Crippen LogP contribution in [0.25, 0.3) is 10.4 Å². The fourth-order valence-corrected chi connectivity index (χ4v) is 0.939. The molecule has 0 aliphatic carbocycles. The lowest BCUT2D eigenvalue weighted by Gasteiger charge is -2.18. The van der Waals surface area contributed by atoms with E-state index in [4.69, 9.17) is 5.53 Å². The highest BCUT2D eigenvalue weighted by Crippen LogP contribution is 1.89. The lowest BCUT2D eigenvalue weighted by Crippen LogP contribution is -2.29. The number of nitrogens with zero attached hydrogens (tertiary/aromatic N) is 5. The Labute approximate surface area is 79.9 Å². The van der Waals surface area contributed by atoms with Gasteiger partial charge in [-0.2, -0.15) is 0 Å². The van der Waals surface area contributed by atoms with E-state index in [9.17, 15) is 0 Å². The molecule has 0 heterocycles. The lowest BCUT2D eigenvalue weighted by molar-refractivity contribution is 0.281. The molecule has 76 valence electrons. The molecule has 0 N–H and O–H groups in total. The van der Waals surface area contributed by atoms with Gasteiger partial charge in [-0.05, 0) is 39.6 Å². The number of hydrogen-bond donors (Lipinski definition) is 0. The van der Waals surface area contributed by atoms with Crippen LogP contribution in [-0.4, -0.2) is 57.1 Å². The quantitative estimate of drug-likeness (QED) is 0.259. The largest absolute Gasteiger partial charge is 0.308 e. The number of likely N-dealkylation sites (N-methyl/N-ethyl adjacent to an activating group) is 2. The Hall–Kier alpha value is -0.770. The molecule has 0 saturated heterocycles. The smallest absolute Gasteiger partial charge is 0.0270 e. The number of azide groups is 1. The van der Waals surface area contributed by atoms with E-state index in [1.807, 2.05) is 0 Å². The molecule has 0 atom stereocenters. The molecule has 0 aromatic rings. The van der Waals surface area contributed by atoms with Gasteiger partial charge in [0.05, 0.1) is 0 Å². The van der Waals surface area contributed by atoms with E-state index in [0.717, 1.165) is 26.1 Å². The van der Waals surface area contributed by atoms with Gasteiger partial charge in [0.15, 0.2) is 0 Å². The van der Waals surface area contributed by atoms with Crippen molar-refractivity contribution in [2.24, 2.45) is 5.11 Å². The Kier molecular flexibility index (Phi) is 7.39. The molecule has 0 aliphatic heterocycles. The summed E-state index contributed by atoms with van der Waals surface area (Å²) < 4.78 is 0. The minimum atomic E-state index is 0.600. The van der Waals surface area contributed by atoms with Crippen LogP contribution < -0.4 is 0 Å². The molecule has 0 fully saturated rings. The van der Waals surface area contributed by atoms with Gasteiger partial charge in [0.2, 0.25) is 0 Å². The minimum absolute atomic E-state index is 0.600. The molecule has 0 aromatic heterocycles. The average molecular weight is 185 g/mol. The van der Waals surface area contributed by atoms with Gasteiger partial charge in [0.25, 0.3) is 0 Å². The van der Waals surface area contributed by atoms with Crippen LogP contribution in [0.3, 0.4) is 0 Å². The Morgan fingerprint density at radius 2 is 1.85 bits per heavy atom. The van der Waals surface area contributed by atoms with Gasteiger partial charge in [-0.3, -0.25) is 0 Å². The second kappa shape index (κ2) is 7.86. The predicted octanol–water partition coefficient (Wildman–Crippen LogP) is 1.18. The average Bonchev–Trinajstić information content (AvgIpc) is 2.09. The van der Waals surface area contributed by atoms with Gasteiger partial charge in [-0.1, -0.05) is 5.11 Å². The van der Waals surface area contributed by atoms with Crippen LogP contribution in [0.2, 0.25) is 0 Å². The van der Waals surface area contributed by atoms with Crippen LogP contribution in [0.4, 0.5) is 0 Å². The highest BCUT2D eigenvalue weighted by Gasteiger charge is 1.97. The van der Waals surface area contributed by atoms with Crippen LogP contribution in [0, 0.1) is 0 Å². The second-order valence-corrected chi connectivity index (χ2v) is 3.41. The second-order valence-electron chi connectivity index (χ2n) is 3.41. The minimum Gasteiger partial charge on any atom is -0.308 e. The van der Waals surface area contributed by atoms with E-state index >= 15 is 0 Å². The Balaban J connectivity index is 3.29. The van der Waals surface area contributed by atoms with E-state index in [-0.39, 0.29) is 0 Å². The van der Waals surface area contributed by atoms with Gasteiger partial charge < -0.3 is 9.80 Å². The van der Waals surface area contributed by atoms with E-state index in [0.29, 0.717) is 6.54 Å². The monoisotopic (exact) mass is 185 g/mol. The predicted molar refractivity (Wildman–Crippen MR) is 54.7 cm³/mol. The fourth-order valence-electron chi connectivity index (χ4n) is 0.939. The van der Waals surface area contributed by atoms with Crippen LogP contribution >= 0.6 is 0 Å². The summed E-state index contributed by atoms with van der Waals surface area (Å²) in [5.41, 5.74) is 8.05. The third-order valence-corrected chi connectivity index (χ3v) is 1.79. The molecule has 0 aliphatic rings. The first-order chi connectivity index (χ1) is 6.16. The summed E-state index contributed by atoms with van der Waals surface area (Å²) in [5, 5.41) is 3.48. The van der Waals surface area contributed by atoms with Crippen LogP contribution in [-0.2, 0) is 0 Å². The van der Waals surface area contributed by atoms with Gasteiger partial charge in [0, 0.05) is 24.5 Å². The maximum Gasteiger partial charge on any atom is 0.0270 e. The molecule has 0 radical (unpaired) electrons. The molecular weight excluding hydrogens is 166 g/mol. The van der Waals surface area contributed by atoms with Gasteiger partial charge in [0.1, 0.15) is 0 Å².